The summed E-state index contributed by atoms with van der Waals surface area (Å²) in [7, 11) is 0. The molecule has 2 rings (SSSR count). The lowest BCUT2D eigenvalue weighted by molar-refractivity contribution is -0.120. The van der Waals surface area contributed by atoms with E-state index in [0.717, 1.165) is 17.7 Å². The van der Waals surface area contributed by atoms with Crippen molar-refractivity contribution in [1.82, 2.24) is 10.6 Å². The van der Waals surface area contributed by atoms with Gasteiger partial charge in [-0.2, -0.15) is 8.78 Å². The molecule has 9 heteroatoms. The van der Waals surface area contributed by atoms with Gasteiger partial charge >= 0.3 is 6.61 Å². The van der Waals surface area contributed by atoms with Crippen molar-refractivity contribution in [2.45, 2.75) is 13.0 Å². The van der Waals surface area contributed by atoms with E-state index in [1.165, 1.54) is 12.1 Å². The van der Waals surface area contributed by atoms with Gasteiger partial charge in [0.2, 0.25) is 5.91 Å². The topological polar surface area (TPSA) is 67.4 Å². The number of carbonyl (C=O) groups excluding carboxylic acids is 2. The number of hydrogen-bond donors (Lipinski definition) is 2. The molecule has 144 valence electrons. The van der Waals surface area contributed by atoms with E-state index in [1.54, 1.807) is 12.1 Å². The molecule has 0 saturated carbocycles. The monoisotopic (exact) mass is 384 g/mol. The molecule has 0 aromatic heterocycles. The molecule has 0 heterocycles. The standard InChI is InChI=1S/C18H16F4N2O3/c19-13-7-12(8-14(20)9-13)17(26)24-10-16(25)23-6-5-11-1-3-15(4-2-11)27-18(21)22/h1-4,7-9,18H,5-6,10H2,(H,23,25)(H,24,26). The van der Waals surface area contributed by atoms with E-state index in [0.29, 0.717) is 12.5 Å². The molecular weight excluding hydrogens is 368 g/mol. The summed E-state index contributed by atoms with van der Waals surface area (Å²) in [6, 6.07) is 8.31. The minimum absolute atomic E-state index is 0.0364. The summed E-state index contributed by atoms with van der Waals surface area (Å²) in [4.78, 5) is 23.5. The quantitative estimate of drug-likeness (QED) is 0.688. The van der Waals surface area contributed by atoms with Crippen molar-refractivity contribution in [3.05, 3.63) is 65.2 Å². The lowest BCUT2D eigenvalue weighted by Gasteiger charge is -2.08. The fourth-order valence-corrected chi connectivity index (χ4v) is 2.19. The van der Waals surface area contributed by atoms with Gasteiger partial charge < -0.3 is 15.4 Å². The first-order chi connectivity index (χ1) is 12.8. The third-order valence-corrected chi connectivity index (χ3v) is 3.42. The highest BCUT2D eigenvalue weighted by Gasteiger charge is 2.11. The molecule has 0 aliphatic carbocycles. The van der Waals surface area contributed by atoms with E-state index >= 15 is 0 Å². The SMILES string of the molecule is O=C(CNC(=O)c1cc(F)cc(F)c1)NCCc1ccc(OC(F)F)cc1. The van der Waals surface area contributed by atoms with Crippen molar-refractivity contribution in [2.75, 3.05) is 13.1 Å². The summed E-state index contributed by atoms with van der Waals surface area (Å²) >= 11 is 0. The molecule has 0 unspecified atom stereocenters. The van der Waals surface area contributed by atoms with Gasteiger partial charge in [0, 0.05) is 18.2 Å². The molecule has 0 fully saturated rings. The van der Waals surface area contributed by atoms with Crippen LogP contribution in [0.15, 0.2) is 42.5 Å². The number of alkyl halides is 2. The van der Waals surface area contributed by atoms with E-state index in [4.69, 9.17) is 0 Å². The zero-order valence-corrected chi connectivity index (χ0v) is 14.0. The Morgan fingerprint density at radius 2 is 1.59 bits per heavy atom. The van der Waals surface area contributed by atoms with E-state index < -0.39 is 30.1 Å². The Hall–Kier alpha value is -3.10. The van der Waals surface area contributed by atoms with Gasteiger partial charge in [0.25, 0.3) is 5.91 Å². The molecule has 2 N–H and O–H groups in total. The fourth-order valence-electron chi connectivity index (χ4n) is 2.19. The highest BCUT2D eigenvalue weighted by molar-refractivity contribution is 5.96. The van der Waals surface area contributed by atoms with Crippen molar-refractivity contribution in [1.29, 1.82) is 0 Å². The molecule has 0 aliphatic rings. The van der Waals surface area contributed by atoms with E-state index in [1.807, 2.05) is 0 Å². The molecule has 0 spiro atoms. The Bertz CT molecular complexity index is 777. The predicted molar refractivity (Wildman–Crippen MR) is 88.5 cm³/mol. The highest BCUT2D eigenvalue weighted by atomic mass is 19.3. The second-order valence-corrected chi connectivity index (χ2v) is 5.46. The minimum atomic E-state index is -2.89. The maximum atomic E-state index is 13.1. The number of halogens is 4. The van der Waals surface area contributed by atoms with Crippen LogP contribution in [0.2, 0.25) is 0 Å². The van der Waals surface area contributed by atoms with Crippen molar-refractivity contribution in [3.8, 4) is 5.75 Å². The van der Waals surface area contributed by atoms with Crippen LogP contribution in [0.3, 0.4) is 0 Å². The lowest BCUT2D eigenvalue weighted by atomic mass is 10.1. The van der Waals surface area contributed by atoms with Gasteiger partial charge in [0.1, 0.15) is 17.4 Å². The molecule has 0 aliphatic heterocycles. The van der Waals surface area contributed by atoms with Gasteiger partial charge in [0.05, 0.1) is 6.54 Å². The van der Waals surface area contributed by atoms with Crippen LogP contribution >= 0.6 is 0 Å². The predicted octanol–water partition coefficient (Wildman–Crippen LogP) is 2.65. The molecule has 2 aromatic carbocycles. The summed E-state index contributed by atoms with van der Waals surface area (Å²) in [6.45, 7) is -3.01. The molecule has 5 nitrogen and oxygen atoms in total. The Morgan fingerprint density at radius 1 is 0.963 bits per heavy atom. The Labute approximate surface area is 152 Å². The Morgan fingerprint density at radius 3 is 2.19 bits per heavy atom. The maximum Gasteiger partial charge on any atom is 0.387 e. The van der Waals surface area contributed by atoms with Crippen LogP contribution in [0, 0.1) is 11.6 Å². The highest BCUT2D eigenvalue weighted by Crippen LogP contribution is 2.15. The van der Waals surface area contributed by atoms with Crippen LogP contribution in [-0.2, 0) is 11.2 Å². The number of carbonyl (C=O) groups is 2. The normalized spacial score (nSPS) is 10.6. The van der Waals surface area contributed by atoms with Gasteiger partial charge in [-0.15, -0.1) is 0 Å². The number of rotatable bonds is 8. The van der Waals surface area contributed by atoms with Crippen molar-refractivity contribution < 1.29 is 31.9 Å². The fraction of sp³-hybridized carbons (Fsp3) is 0.222. The average molecular weight is 384 g/mol. The Kier molecular flexibility index (Phi) is 7.16. The van der Waals surface area contributed by atoms with Crippen molar-refractivity contribution in [3.63, 3.8) is 0 Å². The number of ether oxygens (including phenoxy) is 1. The van der Waals surface area contributed by atoms with Crippen LogP contribution in [0.1, 0.15) is 15.9 Å². The Balaban J connectivity index is 1.72. The number of benzene rings is 2. The van der Waals surface area contributed by atoms with Crippen LogP contribution in [0.25, 0.3) is 0 Å². The third-order valence-electron chi connectivity index (χ3n) is 3.42. The number of amides is 2. The van der Waals surface area contributed by atoms with Crippen molar-refractivity contribution in [2.24, 2.45) is 0 Å². The summed E-state index contributed by atoms with van der Waals surface area (Å²) < 4.78 is 54.4. The molecule has 0 radical (unpaired) electrons. The molecule has 27 heavy (non-hydrogen) atoms. The van der Waals surface area contributed by atoms with E-state index in [2.05, 4.69) is 15.4 Å². The molecule has 2 aromatic rings. The largest absolute Gasteiger partial charge is 0.435 e. The summed E-state index contributed by atoms with van der Waals surface area (Å²) in [5, 5.41) is 4.81. The average Bonchev–Trinajstić information content (AvgIpc) is 2.60. The first-order valence-electron chi connectivity index (χ1n) is 7.88. The van der Waals surface area contributed by atoms with E-state index in [-0.39, 0.29) is 24.4 Å². The zero-order chi connectivity index (χ0) is 19.8. The number of nitrogens with one attached hydrogen (secondary N) is 2. The molecule has 2 amide bonds. The first kappa shape index (κ1) is 20.2. The summed E-state index contributed by atoms with van der Waals surface area (Å²) in [6.07, 6.45) is 0.434. The molecule has 0 atom stereocenters. The minimum Gasteiger partial charge on any atom is -0.435 e. The second kappa shape index (κ2) is 9.56. The molecule has 0 saturated heterocycles. The third kappa shape index (κ3) is 6.96. The van der Waals surface area contributed by atoms with E-state index in [9.17, 15) is 27.2 Å². The van der Waals surface area contributed by atoms with Gasteiger partial charge in [-0.05, 0) is 36.2 Å². The van der Waals surface area contributed by atoms with Gasteiger partial charge in [-0.25, -0.2) is 8.78 Å². The van der Waals surface area contributed by atoms with Crippen LogP contribution in [0.4, 0.5) is 17.6 Å². The zero-order valence-electron chi connectivity index (χ0n) is 14.0. The molecule has 0 bridgehead atoms. The first-order valence-corrected chi connectivity index (χ1v) is 7.88. The number of hydrogen-bond acceptors (Lipinski definition) is 3. The van der Waals surface area contributed by atoms with Gasteiger partial charge in [-0.1, -0.05) is 12.1 Å². The van der Waals surface area contributed by atoms with Crippen LogP contribution in [0.5, 0.6) is 5.75 Å². The van der Waals surface area contributed by atoms with Crippen molar-refractivity contribution >= 4 is 11.8 Å². The second-order valence-electron chi connectivity index (χ2n) is 5.46. The van der Waals surface area contributed by atoms with Gasteiger partial charge in [-0.3, -0.25) is 9.59 Å². The molecular formula is C18H16F4N2O3. The summed E-state index contributed by atoms with van der Waals surface area (Å²) in [5.41, 5.74) is 0.558. The van der Waals surface area contributed by atoms with Crippen LogP contribution < -0.4 is 15.4 Å². The maximum absolute atomic E-state index is 13.1. The van der Waals surface area contributed by atoms with Crippen LogP contribution in [-0.4, -0.2) is 31.5 Å². The van der Waals surface area contributed by atoms with Gasteiger partial charge in [0.15, 0.2) is 0 Å². The summed E-state index contributed by atoms with van der Waals surface area (Å²) in [5.74, 6) is -3.02. The smallest absolute Gasteiger partial charge is 0.387 e. The lowest BCUT2D eigenvalue weighted by Crippen LogP contribution is -2.37.